The summed E-state index contributed by atoms with van der Waals surface area (Å²) in [6, 6.07) is 5.01. The summed E-state index contributed by atoms with van der Waals surface area (Å²) in [7, 11) is -0.507. The molecule has 28 heavy (non-hydrogen) atoms. The second-order valence-electron chi connectivity index (χ2n) is 6.61. The predicted molar refractivity (Wildman–Crippen MR) is 113 cm³/mol. The molecule has 1 aromatic heterocycles. The molecule has 0 radical (unpaired) electrons. The topological polar surface area (TPSA) is 110 Å². The van der Waals surface area contributed by atoms with E-state index < -0.39 is 10.0 Å². The quantitative estimate of drug-likeness (QED) is 0.592. The molecule has 0 atom stereocenters. The van der Waals surface area contributed by atoms with Crippen molar-refractivity contribution >= 4 is 39.4 Å². The van der Waals surface area contributed by atoms with Gasteiger partial charge in [0.1, 0.15) is 5.82 Å². The number of hydrogen-bond acceptors (Lipinski definition) is 5. The molecule has 10 heteroatoms. The van der Waals surface area contributed by atoms with Crippen molar-refractivity contribution in [3.63, 3.8) is 0 Å². The van der Waals surface area contributed by atoms with Crippen LogP contribution in [0.15, 0.2) is 23.1 Å². The number of imidazole rings is 1. The maximum absolute atomic E-state index is 12.4. The molecule has 0 bridgehead atoms. The average molecular weight is 432 g/mol. The van der Waals surface area contributed by atoms with Crippen LogP contribution in [0.4, 0.5) is 0 Å². The number of sulfonamides is 1. The van der Waals surface area contributed by atoms with E-state index in [-0.39, 0.29) is 23.2 Å². The van der Waals surface area contributed by atoms with E-state index in [4.69, 9.17) is 5.73 Å². The largest absolute Gasteiger partial charge is 0.355 e. The highest BCUT2D eigenvalue weighted by Crippen LogP contribution is 2.23. The highest BCUT2D eigenvalue weighted by atomic mass is 35.5. The molecule has 0 aliphatic carbocycles. The van der Waals surface area contributed by atoms with Crippen LogP contribution < -0.4 is 11.1 Å². The van der Waals surface area contributed by atoms with Crippen molar-refractivity contribution in [3.8, 4) is 0 Å². The van der Waals surface area contributed by atoms with Crippen molar-refractivity contribution in [3.05, 3.63) is 24.0 Å². The SMILES string of the molecule is CCCCn1c(CCC(=O)NCCN)nc2cc(S(=O)(=O)N(C)C)ccc21.Cl. The highest BCUT2D eigenvalue weighted by Gasteiger charge is 2.20. The molecule has 1 amide bonds. The minimum absolute atomic E-state index is 0. The Morgan fingerprint density at radius 1 is 1.32 bits per heavy atom. The van der Waals surface area contributed by atoms with Gasteiger partial charge in [-0.1, -0.05) is 13.3 Å². The van der Waals surface area contributed by atoms with Gasteiger partial charge in [0.25, 0.3) is 0 Å². The van der Waals surface area contributed by atoms with Crippen LogP contribution in [0.3, 0.4) is 0 Å². The summed E-state index contributed by atoms with van der Waals surface area (Å²) >= 11 is 0. The number of benzene rings is 1. The van der Waals surface area contributed by atoms with Gasteiger partial charge in [-0.05, 0) is 24.6 Å². The van der Waals surface area contributed by atoms with Crippen LogP contribution in [-0.2, 0) is 27.8 Å². The summed E-state index contributed by atoms with van der Waals surface area (Å²) in [4.78, 5) is 16.7. The number of hydrogen-bond donors (Lipinski definition) is 2. The fraction of sp³-hybridized carbons (Fsp3) is 0.556. The summed E-state index contributed by atoms with van der Waals surface area (Å²) in [5.41, 5.74) is 6.92. The molecule has 0 aliphatic heterocycles. The van der Waals surface area contributed by atoms with Crippen molar-refractivity contribution < 1.29 is 13.2 Å². The maximum Gasteiger partial charge on any atom is 0.242 e. The Balaban J connectivity index is 0.00000392. The zero-order valence-electron chi connectivity index (χ0n) is 16.6. The van der Waals surface area contributed by atoms with Crippen molar-refractivity contribution in [1.82, 2.24) is 19.2 Å². The minimum atomic E-state index is -3.52. The van der Waals surface area contributed by atoms with Gasteiger partial charge in [0, 0.05) is 46.6 Å². The molecule has 2 rings (SSSR count). The molecule has 2 aromatic rings. The van der Waals surface area contributed by atoms with Gasteiger partial charge in [-0.15, -0.1) is 12.4 Å². The van der Waals surface area contributed by atoms with Crippen molar-refractivity contribution in [1.29, 1.82) is 0 Å². The Hall–Kier alpha value is -1.68. The van der Waals surface area contributed by atoms with Gasteiger partial charge in [0.15, 0.2) is 0 Å². The third-order valence-corrected chi connectivity index (χ3v) is 6.17. The van der Waals surface area contributed by atoms with Crippen molar-refractivity contribution in [2.45, 2.75) is 44.0 Å². The van der Waals surface area contributed by atoms with Gasteiger partial charge < -0.3 is 15.6 Å². The van der Waals surface area contributed by atoms with Crippen molar-refractivity contribution in [2.24, 2.45) is 5.73 Å². The van der Waals surface area contributed by atoms with Crippen molar-refractivity contribution in [2.75, 3.05) is 27.2 Å². The molecule has 3 N–H and O–H groups in total. The maximum atomic E-state index is 12.4. The Bertz CT molecular complexity index is 896. The fourth-order valence-corrected chi connectivity index (χ4v) is 3.73. The lowest BCUT2D eigenvalue weighted by Gasteiger charge is -2.11. The number of nitrogens with two attached hydrogens (primary N) is 1. The van der Waals surface area contributed by atoms with Gasteiger partial charge in [0.05, 0.1) is 15.9 Å². The number of rotatable bonds is 10. The first kappa shape index (κ1) is 24.4. The number of nitrogens with one attached hydrogen (secondary N) is 1. The lowest BCUT2D eigenvalue weighted by Crippen LogP contribution is -2.29. The first-order valence-corrected chi connectivity index (χ1v) is 10.6. The van der Waals surface area contributed by atoms with Crippen LogP contribution in [-0.4, -0.2) is 55.4 Å². The van der Waals surface area contributed by atoms with Gasteiger partial charge in [0.2, 0.25) is 15.9 Å². The highest BCUT2D eigenvalue weighted by molar-refractivity contribution is 7.89. The molecular weight excluding hydrogens is 402 g/mol. The summed E-state index contributed by atoms with van der Waals surface area (Å²) < 4.78 is 28.0. The lowest BCUT2D eigenvalue weighted by atomic mass is 10.2. The molecule has 0 unspecified atom stereocenters. The third-order valence-electron chi connectivity index (χ3n) is 4.35. The standard InChI is InChI=1S/C18H29N5O3S.ClH/c1-4-5-12-23-16-7-6-14(27(25,26)22(2)3)13-15(16)21-17(23)8-9-18(24)20-11-10-19;/h6-7,13H,4-5,8-12,19H2,1-3H3,(H,20,24);1H. The Labute approximate surface area is 172 Å². The van der Waals surface area contributed by atoms with Crippen LogP contribution >= 0.6 is 12.4 Å². The molecule has 1 aromatic carbocycles. The smallest absolute Gasteiger partial charge is 0.242 e. The van der Waals surface area contributed by atoms with E-state index in [1.165, 1.54) is 18.4 Å². The minimum Gasteiger partial charge on any atom is -0.355 e. The molecule has 0 saturated carbocycles. The first-order valence-electron chi connectivity index (χ1n) is 9.19. The Morgan fingerprint density at radius 3 is 2.64 bits per heavy atom. The average Bonchev–Trinajstić information content (AvgIpc) is 2.99. The second-order valence-corrected chi connectivity index (χ2v) is 8.76. The number of aromatic nitrogens is 2. The van der Waals surface area contributed by atoms with Gasteiger partial charge in [-0.25, -0.2) is 17.7 Å². The third kappa shape index (κ3) is 5.66. The molecule has 0 aliphatic rings. The monoisotopic (exact) mass is 431 g/mol. The van der Waals surface area contributed by atoms with Crippen LogP contribution in [0, 0.1) is 0 Å². The molecule has 8 nitrogen and oxygen atoms in total. The number of carbonyl (C=O) groups excluding carboxylic acids is 1. The molecule has 1 heterocycles. The number of fused-ring (bicyclic) bond motifs is 1. The fourth-order valence-electron chi connectivity index (χ4n) is 2.81. The predicted octanol–water partition coefficient (Wildman–Crippen LogP) is 1.52. The number of halogens is 1. The summed E-state index contributed by atoms with van der Waals surface area (Å²) in [6.45, 7) is 3.76. The van der Waals surface area contributed by atoms with E-state index in [2.05, 4.69) is 21.8 Å². The van der Waals surface area contributed by atoms with Crippen LogP contribution in [0.25, 0.3) is 11.0 Å². The van der Waals surface area contributed by atoms with E-state index in [0.29, 0.717) is 31.4 Å². The number of unbranched alkanes of at least 4 members (excludes halogenated alkanes) is 1. The molecule has 0 spiro atoms. The Morgan fingerprint density at radius 2 is 2.04 bits per heavy atom. The zero-order chi connectivity index (χ0) is 20.0. The second kappa shape index (κ2) is 10.8. The summed E-state index contributed by atoms with van der Waals surface area (Å²) in [5, 5.41) is 2.75. The van der Waals surface area contributed by atoms with Gasteiger partial charge in [-0.3, -0.25) is 4.79 Å². The van der Waals surface area contributed by atoms with E-state index >= 15 is 0 Å². The normalized spacial score (nSPS) is 11.6. The van der Waals surface area contributed by atoms with E-state index in [1.807, 2.05) is 0 Å². The number of carbonyl (C=O) groups is 1. The number of aryl methyl sites for hydroxylation is 2. The van der Waals surface area contributed by atoms with Gasteiger partial charge >= 0.3 is 0 Å². The lowest BCUT2D eigenvalue weighted by molar-refractivity contribution is -0.121. The molecule has 158 valence electrons. The summed E-state index contributed by atoms with van der Waals surface area (Å²) in [6.07, 6.45) is 2.82. The van der Waals surface area contributed by atoms with Crippen LogP contribution in [0.1, 0.15) is 32.0 Å². The van der Waals surface area contributed by atoms with Gasteiger partial charge in [-0.2, -0.15) is 0 Å². The van der Waals surface area contributed by atoms with E-state index in [1.54, 1.807) is 18.2 Å². The Kier molecular flexibility index (Phi) is 9.35. The van der Waals surface area contributed by atoms with E-state index in [0.717, 1.165) is 30.7 Å². The summed E-state index contributed by atoms with van der Waals surface area (Å²) in [5.74, 6) is 0.728. The zero-order valence-corrected chi connectivity index (χ0v) is 18.3. The van der Waals surface area contributed by atoms with Crippen LogP contribution in [0.2, 0.25) is 0 Å². The van der Waals surface area contributed by atoms with E-state index in [9.17, 15) is 13.2 Å². The number of amides is 1. The number of nitrogens with zero attached hydrogens (tertiary/aromatic N) is 3. The molecule has 0 saturated heterocycles. The first-order chi connectivity index (χ1) is 12.8. The van der Waals surface area contributed by atoms with Crippen LogP contribution in [0.5, 0.6) is 0 Å². The molecule has 0 fully saturated rings. The molecular formula is C18H30ClN5O3S.